The number of carbonyl (C=O) groups excluding carboxylic acids is 2. The van der Waals surface area contributed by atoms with Gasteiger partial charge in [0.15, 0.2) is 0 Å². The summed E-state index contributed by atoms with van der Waals surface area (Å²) in [5.74, 6) is 0.927. The molecule has 0 saturated carbocycles. The van der Waals surface area contributed by atoms with Gasteiger partial charge in [-0.2, -0.15) is 0 Å². The summed E-state index contributed by atoms with van der Waals surface area (Å²) in [4.78, 5) is 22.4. The first kappa shape index (κ1) is 32.9. The van der Waals surface area contributed by atoms with Crippen molar-refractivity contribution in [2.24, 2.45) is 0 Å². The Kier molecular flexibility index (Phi) is 17.6. The van der Waals surface area contributed by atoms with Crippen molar-refractivity contribution in [1.29, 1.82) is 0 Å². The first-order valence-electron chi connectivity index (χ1n) is 13.1. The first-order valence-corrected chi connectivity index (χ1v) is 13.1. The lowest BCUT2D eigenvalue weighted by atomic mass is 10.2. The standard InChI is InChI=1S/C11H16O2.C10H11N.C7H8.C4H8N2O2/c1-3-10-5-4-6-11(9-10)13-8-7-12-2;1-7-3-4-10-9(5-7)6-8(2)11-10;1-7-5-3-2-4-6-7;7-3-5-1-2-6-4-8/h4-6,9H,3,7-8H2,1-2H3;3-6,11H,1-2H3;2-6H,1H3;3-4H,1-2H2,(H,5,7)(H,6,8). The van der Waals surface area contributed by atoms with Crippen molar-refractivity contribution in [3.63, 3.8) is 0 Å². The zero-order valence-electron chi connectivity index (χ0n) is 23.8. The normalized spacial score (nSPS) is 9.46. The predicted octanol–water partition coefficient (Wildman–Crippen LogP) is 5.53. The lowest BCUT2D eigenvalue weighted by Crippen LogP contribution is -2.25. The summed E-state index contributed by atoms with van der Waals surface area (Å²) in [6.07, 6.45) is 2.22. The van der Waals surface area contributed by atoms with E-state index < -0.39 is 0 Å². The number of rotatable bonds is 10. The van der Waals surface area contributed by atoms with Crippen LogP contribution in [-0.2, 0) is 20.7 Å². The van der Waals surface area contributed by atoms with Crippen LogP contribution in [0.4, 0.5) is 0 Å². The summed E-state index contributed by atoms with van der Waals surface area (Å²) in [6.45, 7) is 10.6. The minimum absolute atomic E-state index is 0.488. The summed E-state index contributed by atoms with van der Waals surface area (Å²) in [7, 11) is 1.67. The number of nitrogens with one attached hydrogen (secondary N) is 3. The van der Waals surface area contributed by atoms with E-state index in [1.807, 2.05) is 30.3 Å². The highest BCUT2D eigenvalue weighted by atomic mass is 16.5. The molecule has 0 radical (unpaired) electrons. The molecule has 0 fully saturated rings. The number of aromatic nitrogens is 1. The van der Waals surface area contributed by atoms with E-state index in [-0.39, 0.29) is 0 Å². The van der Waals surface area contributed by atoms with Gasteiger partial charge in [-0.05, 0) is 68.5 Å². The van der Waals surface area contributed by atoms with Crippen LogP contribution in [0.5, 0.6) is 5.75 Å². The van der Waals surface area contributed by atoms with E-state index in [1.165, 1.54) is 33.3 Å². The smallest absolute Gasteiger partial charge is 0.207 e. The van der Waals surface area contributed by atoms with Gasteiger partial charge in [-0.1, -0.05) is 66.6 Å². The molecule has 2 amide bonds. The van der Waals surface area contributed by atoms with E-state index in [9.17, 15) is 9.59 Å². The maximum atomic E-state index is 9.54. The molecule has 3 aromatic carbocycles. The molecule has 0 unspecified atom stereocenters. The summed E-state index contributed by atoms with van der Waals surface area (Å²) in [6, 6.07) is 27.0. The Morgan fingerprint density at radius 3 is 2.03 bits per heavy atom. The van der Waals surface area contributed by atoms with Gasteiger partial charge in [-0.15, -0.1) is 0 Å². The zero-order valence-corrected chi connectivity index (χ0v) is 23.8. The fourth-order valence-corrected chi connectivity index (χ4v) is 3.29. The molecule has 210 valence electrons. The van der Waals surface area contributed by atoms with Crippen LogP contribution in [0.2, 0.25) is 0 Å². The van der Waals surface area contributed by atoms with Gasteiger partial charge < -0.3 is 25.1 Å². The fraction of sp³-hybridized carbons (Fsp3) is 0.312. The van der Waals surface area contributed by atoms with Crippen molar-refractivity contribution in [2.45, 2.75) is 34.1 Å². The minimum atomic E-state index is 0.488. The largest absolute Gasteiger partial charge is 0.491 e. The molecule has 0 aliphatic carbocycles. The van der Waals surface area contributed by atoms with Gasteiger partial charge in [0.1, 0.15) is 12.4 Å². The van der Waals surface area contributed by atoms with E-state index in [0.29, 0.717) is 39.1 Å². The Hall–Kier alpha value is -4.10. The number of amides is 2. The monoisotopic (exact) mass is 533 g/mol. The third kappa shape index (κ3) is 15.7. The number of hydrogen-bond acceptors (Lipinski definition) is 4. The maximum absolute atomic E-state index is 9.54. The molecule has 0 aliphatic heterocycles. The van der Waals surface area contributed by atoms with Crippen LogP contribution >= 0.6 is 0 Å². The highest BCUT2D eigenvalue weighted by Crippen LogP contribution is 2.16. The van der Waals surface area contributed by atoms with Crippen molar-refractivity contribution in [3.05, 3.63) is 101 Å². The molecule has 7 heteroatoms. The number of methoxy groups -OCH3 is 1. The molecule has 3 N–H and O–H groups in total. The van der Waals surface area contributed by atoms with Gasteiger partial charge >= 0.3 is 0 Å². The second-order valence-corrected chi connectivity index (χ2v) is 8.68. The number of carbonyl (C=O) groups is 2. The number of H-pyrrole nitrogens is 1. The van der Waals surface area contributed by atoms with Crippen LogP contribution < -0.4 is 15.4 Å². The molecule has 39 heavy (non-hydrogen) atoms. The second kappa shape index (κ2) is 20.9. The second-order valence-electron chi connectivity index (χ2n) is 8.68. The number of ether oxygens (including phenoxy) is 2. The molecule has 0 atom stereocenters. The molecule has 0 spiro atoms. The number of aromatic amines is 1. The topological polar surface area (TPSA) is 92.4 Å². The summed E-state index contributed by atoms with van der Waals surface area (Å²) in [5.41, 5.74) is 6.40. The maximum Gasteiger partial charge on any atom is 0.207 e. The number of hydrogen-bond donors (Lipinski definition) is 3. The molecule has 0 bridgehead atoms. The predicted molar refractivity (Wildman–Crippen MR) is 160 cm³/mol. The van der Waals surface area contributed by atoms with Gasteiger partial charge in [0, 0.05) is 31.4 Å². The van der Waals surface area contributed by atoms with Gasteiger partial charge in [0.05, 0.1) is 6.61 Å². The van der Waals surface area contributed by atoms with Crippen LogP contribution in [0.25, 0.3) is 10.9 Å². The highest BCUT2D eigenvalue weighted by molar-refractivity contribution is 5.80. The van der Waals surface area contributed by atoms with E-state index in [1.54, 1.807) is 7.11 Å². The van der Waals surface area contributed by atoms with Crippen LogP contribution in [0.3, 0.4) is 0 Å². The molecule has 4 rings (SSSR count). The van der Waals surface area contributed by atoms with Crippen molar-refractivity contribution < 1.29 is 19.1 Å². The Bertz CT molecular complexity index is 1180. The SMILES string of the molecule is CCc1cccc(OCCOC)c1.Cc1ccc2[nH]c(C)cc2c1.Cc1ccccc1.O=CNCCNC=O. The molecule has 1 heterocycles. The summed E-state index contributed by atoms with van der Waals surface area (Å²) >= 11 is 0. The van der Waals surface area contributed by atoms with Crippen molar-refractivity contribution in [1.82, 2.24) is 15.6 Å². The van der Waals surface area contributed by atoms with E-state index in [2.05, 4.69) is 91.8 Å². The Balaban J connectivity index is 0.000000268. The number of fused-ring (bicyclic) bond motifs is 1. The van der Waals surface area contributed by atoms with Gasteiger partial charge in [0.2, 0.25) is 12.8 Å². The Morgan fingerprint density at radius 2 is 1.46 bits per heavy atom. The zero-order chi connectivity index (χ0) is 28.7. The quantitative estimate of drug-likeness (QED) is 0.185. The molecule has 0 saturated heterocycles. The molecular weight excluding hydrogens is 490 g/mol. The lowest BCUT2D eigenvalue weighted by molar-refractivity contribution is -0.111. The van der Waals surface area contributed by atoms with E-state index in [4.69, 9.17) is 9.47 Å². The molecule has 0 aliphatic rings. The molecule has 4 aromatic rings. The van der Waals surface area contributed by atoms with Crippen molar-refractivity contribution in [2.75, 3.05) is 33.4 Å². The van der Waals surface area contributed by atoms with Gasteiger partial charge in [-0.25, -0.2) is 0 Å². The van der Waals surface area contributed by atoms with Gasteiger partial charge in [0.25, 0.3) is 0 Å². The third-order valence-corrected chi connectivity index (χ3v) is 5.29. The number of benzene rings is 3. The average Bonchev–Trinajstić information content (AvgIpc) is 3.32. The molecular formula is C32H43N3O4. The van der Waals surface area contributed by atoms with Gasteiger partial charge in [-0.3, -0.25) is 9.59 Å². The average molecular weight is 534 g/mol. The number of aryl methyl sites for hydroxylation is 4. The van der Waals surface area contributed by atoms with Crippen LogP contribution in [0.15, 0.2) is 78.9 Å². The Labute approximate surface area is 232 Å². The molecule has 1 aromatic heterocycles. The van der Waals surface area contributed by atoms with Crippen LogP contribution in [-0.4, -0.2) is 51.2 Å². The highest BCUT2D eigenvalue weighted by Gasteiger charge is 1.96. The third-order valence-electron chi connectivity index (χ3n) is 5.29. The van der Waals surface area contributed by atoms with Crippen LogP contribution in [0.1, 0.15) is 29.3 Å². The van der Waals surface area contributed by atoms with Crippen LogP contribution in [0, 0.1) is 20.8 Å². The Morgan fingerprint density at radius 1 is 0.769 bits per heavy atom. The first-order chi connectivity index (χ1) is 18.9. The minimum Gasteiger partial charge on any atom is -0.491 e. The lowest BCUT2D eigenvalue weighted by Gasteiger charge is -2.06. The van der Waals surface area contributed by atoms with Crippen molar-refractivity contribution in [3.8, 4) is 5.75 Å². The summed E-state index contributed by atoms with van der Waals surface area (Å²) in [5, 5.41) is 6.07. The van der Waals surface area contributed by atoms with E-state index in [0.717, 1.165) is 12.2 Å². The van der Waals surface area contributed by atoms with Crippen molar-refractivity contribution >= 4 is 23.7 Å². The van der Waals surface area contributed by atoms with E-state index >= 15 is 0 Å². The fourth-order valence-electron chi connectivity index (χ4n) is 3.29. The summed E-state index contributed by atoms with van der Waals surface area (Å²) < 4.78 is 10.4. The molecule has 7 nitrogen and oxygen atoms in total.